The summed E-state index contributed by atoms with van der Waals surface area (Å²) < 4.78 is 0. The van der Waals surface area contributed by atoms with Gasteiger partial charge in [-0.25, -0.2) is 0 Å². The van der Waals surface area contributed by atoms with E-state index < -0.39 is 0 Å². The van der Waals surface area contributed by atoms with Crippen LogP contribution in [0.15, 0.2) is 60.7 Å². The van der Waals surface area contributed by atoms with Crippen LogP contribution in [-0.2, 0) is 18.5 Å². The first kappa shape index (κ1) is 14.4. The van der Waals surface area contributed by atoms with E-state index in [1.165, 1.54) is 22.6 Å². The number of allylic oxidation sites excluding steroid dienone is 1. The summed E-state index contributed by atoms with van der Waals surface area (Å²) in [5, 5.41) is 0. The van der Waals surface area contributed by atoms with Crippen molar-refractivity contribution in [2.45, 2.75) is 0 Å². The zero-order chi connectivity index (χ0) is 12.8. The molecule has 0 atom stereocenters. The second-order valence-corrected chi connectivity index (χ2v) is 15.1. The van der Waals surface area contributed by atoms with Gasteiger partial charge in [-0.2, -0.15) is 0 Å². The Morgan fingerprint density at radius 3 is 2.06 bits per heavy atom. The van der Waals surface area contributed by atoms with Crippen LogP contribution < -0.4 is 0 Å². The molecule has 0 aliphatic heterocycles. The molecule has 0 aromatic heterocycles. The minimum atomic E-state index is -0.145. The molecule has 0 bridgehead atoms. The Balaban J connectivity index is 0.000000367. The molecule has 18 heavy (non-hydrogen) atoms. The molecule has 0 fully saturated rings. The summed E-state index contributed by atoms with van der Waals surface area (Å²) in [5.41, 5.74) is 3.94. The van der Waals surface area contributed by atoms with Gasteiger partial charge in [-0.05, 0) is 16.7 Å². The summed E-state index contributed by atoms with van der Waals surface area (Å²) in [6, 6.07) is 19.0. The van der Waals surface area contributed by atoms with Gasteiger partial charge in [-0.1, -0.05) is 66.7 Å². The summed E-state index contributed by atoms with van der Waals surface area (Å²) in [7, 11) is 0. The third-order valence-electron chi connectivity index (χ3n) is 2.77. The third kappa shape index (κ3) is 3.53. The molecular weight excluding hydrogens is 431 g/mol. The van der Waals surface area contributed by atoms with Crippen molar-refractivity contribution >= 4 is 30.5 Å². The average Bonchev–Trinajstić information content (AvgIpc) is 2.84. The summed E-state index contributed by atoms with van der Waals surface area (Å²) in [6.07, 6.45) is 4.37. The van der Waals surface area contributed by atoms with Crippen LogP contribution in [-0.4, -0.2) is 0 Å². The second-order valence-electron chi connectivity index (χ2n) is 3.77. The Bertz CT molecular complexity index is 523. The number of rotatable bonds is 1. The van der Waals surface area contributed by atoms with Crippen LogP contribution in [0.1, 0.15) is 16.7 Å². The molecule has 1 radical (unpaired) electrons. The van der Waals surface area contributed by atoms with Crippen molar-refractivity contribution in [3.05, 3.63) is 83.3 Å². The first-order chi connectivity index (χ1) is 8.86. The standard InChI is InChI=1S/C15H11.2BrH.Zr/c1-2-6-12(7-3-1)15-11-10-13-8-4-5-9-14(13)15;;;/h1-11H;2*1H;/q;;;+2/p-2. The third-order valence-corrected chi connectivity index (χ3v) is 2.77. The fourth-order valence-corrected chi connectivity index (χ4v) is 2.02. The monoisotopic (exact) mass is 439 g/mol. The van der Waals surface area contributed by atoms with Crippen molar-refractivity contribution in [2.75, 3.05) is 0 Å². The van der Waals surface area contributed by atoms with Gasteiger partial charge in [0.2, 0.25) is 0 Å². The average molecular weight is 442 g/mol. The van der Waals surface area contributed by atoms with Crippen LogP contribution in [0.3, 0.4) is 0 Å². The van der Waals surface area contributed by atoms with Crippen molar-refractivity contribution in [2.24, 2.45) is 0 Å². The first-order valence-corrected chi connectivity index (χ1v) is 16.8. The molecule has 3 rings (SSSR count). The SMILES string of the molecule is C1=Cc2ccccc2[C]1c1ccccc1.[Br][Zr][Br]. The minimum absolute atomic E-state index is 0.145. The fourth-order valence-electron chi connectivity index (χ4n) is 2.02. The van der Waals surface area contributed by atoms with E-state index in [0.717, 1.165) is 0 Å². The number of halogens is 2. The maximum atomic E-state index is 3.23. The van der Waals surface area contributed by atoms with E-state index in [0.29, 0.717) is 0 Å². The molecule has 89 valence electrons. The van der Waals surface area contributed by atoms with Gasteiger partial charge in [0.1, 0.15) is 0 Å². The molecule has 0 nitrogen and oxygen atoms in total. The maximum absolute atomic E-state index is 3.23. The van der Waals surface area contributed by atoms with E-state index in [1.54, 1.807) is 0 Å². The van der Waals surface area contributed by atoms with E-state index >= 15 is 0 Å². The number of hydrogen-bond donors (Lipinski definition) is 0. The van der Waals surface area contributed by atoms with Gasteiger partial charge < -0.3 is 0 Å². The van der Waals surface area contributed by atoms with Gasteiger partial charge in [0.15, 0.2) is 0 Å². The Morgan fingerprint density at radius 1 is 0.722 bits per heavy atom. The molecule has 0 spiro atoms. The Hall–Kier alpha value is 0.0231. The molecule has 0 N–H and O–H groups in total. The quantitative estimate of drug-likeness (QED) is 0.557. The molecule has 0 unspecified atom stereocenters. The summed E-state index contributed by atoms with van der Waals surface area (Å²) in [4.78, 5) is 0. The second kappa shape index (κ2) is 7.57. The molecule has 0 heterocycles. The van der Waals surface area contributed by atoms with E-state index in [-0.39, 0.29) is 18.5 Å². The number of hydrogen-bond acceptors (Lipinski definition) is 0. The molecule has 1 aliphatic carbocycles. The molecule has 0 amide bonds. The van der Waals surface area contributed by atoms with E-state index in [1.807, 2.05) is 0 Å². The van der Waals surface area contributed by atoms with Gasteiger partial charge in [0.05, 0.1) is 5.92 Å². The zero-order valence-electron chi connectivity index (χ0n) is 9.61. The van der Waals surface area contributed by atoms with Crippen molar-refractivity contribution in [3.8, 4) is 0 Å². The van der Waals surface area contributed by atoms with Gasteiger partial charge in [0, 0.05) is 0 Å². The molecule has 0 saturated heterocycles. The van der Waals surface area contributed by atoms with Crippen molar-refractivity contribution in [3.63, 3.8) is 0 Å². The predicted octanol–water partition coefficient (Wildman–Crippen LogP) is 5.37. The van der Waals surface area contributed by atoms with Crippen molar-refractivity contribution in [1.82, 2.24) is 0 Å². The predicted molar refractivity (Wildman–Crippen MR) is 81.2 cm³/mol. The van der Waals surface area contributed by atoms with E-state index in [9.17, 15) is 0 Å². The van der Waals surface area contributed by atoms with E-state index in [4.69, 9.17) is 0 Å². The Kier molecular flexibility index (Phi) is 6.07. The van der Waals surface area contributed by atoms with Gasteiger partial charge in [0.25, 0.3) is 0 Å². The van der Waals surface area contributed by atoms with Gasteiger partial charge in [-0.15, -0.1) is 0 Å². The number of benzene rings is 2. The zero-order valence-corrected chi connectivity index (χ0v) is 15.2. The van der Waals surface area contributed by atoms with E-state index in [2.05, 4.69) is 91.2 Å². The molecule has 2 aromatic carbocycles. The molecule has 0 saturated carbocycles. The fraction of sp³-hybridized carbons (Fsp3) is 0. The van der Waals surface area contributed by atoms with Crippen LogP contribution in [0, 0.1) is 5.92 Å². The van der Waals surface area contributed by atoms with Gasteiger partial charge >= 0.3 is 43.0 Å². The summed E-state index contributed by atoms with van der Waals surface area (Å²) in [5.74, 6) is 1.33. The van der Waals surface area contributed by atoms with Crippen LogP contribution in [0.5, 0.6) is 0 Å². The van der Waals surface area contributed by atoms with Crippen LogP contribution in [0.4, 0.5) is 0 Å². The van der Waals surface area contributed by atoms with Crippen molar-refractivity contribution in [1.29, 1.82) is 0 Å². The van der Waals surface area contributed by atoms with Gasteiger partial charge in [-0.3, -0.25) is 0 Å². The summed E-state index contributed by atoms with van der Waals surface area (Å²) >= 11 is 6.32. The van der Waals surface area contributed by atoms with Crippen molar-refractivity contribution < 1.29 is 18.5 Å². The topological polar surface area (TPSA) is 0 Å². The van der Waals surface area contributed by atoms with Crippen LogP contribution in [0.25, 0.3) is 6.08 Å². The number of fused-ring (bicyclic) bond motifs is 1. The normalized spacial score (nSPS) is 12.6. The summed E-state index contributed by atoms with van der Waals surface area (Å²) in [6.45, 7) is 0. The Morgan fingerprint density at radius 2 is 1.33 bits per heavy atom. The molecule has 3 heteroatoms. The molecule has 2 aromatic rings. The molecule has 1 aliphatic rings. The van der Waals surface area contributed by atoms with Crippen LogP contribution >= 0.6 is 24.4 Å². The first-order valence-electron chi connectivity index (χ1n) is 5.53. The molecular formula is C15H11Br2Zr. The Labute approximate surface area is 131 Å². The van der Waals surface area contributed by atoms with Crippen LogP contribution in [0.2, 0.25) is 0 Å².